The maximum absolute atomic E-state index is 12.7. The van der Waals surface area contributed by atoms with Crippen LogP contribution in [0.4, 0.5) is 8.78 Å². The first-order valence-corrected chi connectivity index (χ1v) is 3.84. The summed E-state index contributed by atoms with van der Waals surface area (Å²) in [6.07, 6.45) is -3.77. The molecule has 2 atom stereocenters. The van der Waals surface area contributed by atoms with Gasteiger partial charge in [-0.3, -0.25) is 0 Å². The summed E-state index contributed by atoms with van der Waals surface area (Å²) >= 11 is 0. The number of rotatable bonds is 3. The van der Waals surface area contributed by atoms with Crippen LogP contribution < -0.4 is 4.74 Å². The van der Waals surface area contributed by atoms with Gasteiger partial charge in [0.15, 0.2) is 17.7 Å². The van der Waals surface area contributed by atoms with Gasteiger partial charge in [0.2, 0.25) is 0 Å². The van der Waals surface area contributed by atoms with Gasteiger partial charge in [-0.15, -0.1) is 0 Å². The fraction of sp³-hybridized carbons (Fsp3) is 0.333. The molecular weight excluding hydrogens is 178 g/mol. The smallest absolute Gasteiger partial charge is 0.269 e. The lowest BCUT2D eigenvalue weighted by atomic mass is 10.3. The molecule has 1 aromatic rings. The summed E-state index contributed by atoms with van der Waals surface area (Å²) in [5.74, 6) is -0.259. The normalized spacial score (nSPS) is 15.0. The molecule has 0 fully saturated rings. The minimum absolute atomic E-state index is 0.0560. The highest BCUT2D eigenvalue weighted by atomic mass is 19.2. The number of hydrogen-bond donors (Lipinski definition) is 1. The van der Waals surface area contributed by atoms with Gasteiger partial charge in [0.25, 0.3) is 6.36 Å². The number of phenols is 1. The third kappa shape index (κ3) is 2.57. The van der Waals surface area contributed by atoms with E-state index in [-0.39, 0.29) is 11.5 Å². The zero-order chi connectivity index (χ0) is 9.84. The van der Waals surface area contributed by atoms with E-state index in [9.17, 15) is 8.78 Å². The molecule has 0 aliphatic carbocycles. The lowest BCUT2D eigenvalue weighted by Gasteiger charge is -2.12. The predicted octanol–water partition coefficient (Wildman–Crippen LogP) is 2.42. The summed E-state index contributed by atoms with van der Waals surface area (Å²) in [4.78, 5) is 0. The van der Waals surface area contributed by atoms with E-state index in [0.29, 0.717) is 0 Å². The molecule has 0 saturated heterocycles. The Kier molecular flexibility index (Phi) is 3.06. The number of hydrogen-bond acceptors (Lipinski definition) is 2. The molecule has 1 N–H and O–H groups in total. The topological polar surface area (TPSA) is 29.5 Å². The highest BCUT2D eigenvalue weighted by Gasteiger charge is 2.17. The van der Waals surface area contributed by atoms with Crippen molar-refractivity contribution in [3.63, 3.8) is 0 Å². The third-order valence-electron chi connectivity index (χ3n) is 1.47. The summed E-state index contributed by atoms with van der Waals surface area (Å²) in [5.41, 5.74) is 0. The molecule has 0 saturated carbocycles. The van der Waals surface area contributed by atoms with Gasteiger partial charge in [-0.05, 0) is 19.1 Å². The van der Waals surface area contributed by atoms with Gasteiger partial charge < -0.3 is 9.84 Å². The van der Waals surface area contributed by atoms with E-state index >= 15 is 0 Å². The summed E-state index contributed by atoms with van der Waals surface area (Å²) < 4.78 is 29.5. The van der Waals surface area contributed by atoms with Crippen LogP contribution in [0.1, 0.15) is 6.92 Å². The molecule has 0 aliphatic rings. The molecule has 2 unspecified atom stereocenters. The molecule has 0 aliphatic heterocycles. The van der Waals surface area contributed by atoms with E-state index in [1.807, 2.05) is 0 Å². The Morgan fingerprint density at radius 1 is 1.31 bits per heavy atom. The number of benzene rings is 1. The van der Waals surface area contributed by atoms with Crippen molar-refractivity contribution < 1.29 is 18.6 Å². The molecule has 0 aromatic heterocycles. The molecule has 4 heteroatoms. The van der Waals surface area contributed by atoms with Crippen molar-refractivity contribution in [3.8, 4) is 11.5 Å². The van der Waals surface area contributed by atoms with Gasteiger partial charge in [0.1, 0.15) is 0 Å². The summed E-state index contributed by atoms with van der Waals surface area (Å²) in [7, 11) is 0. The fourth-order valence-electron chi connectivity index (χ4n) is 0.772. The van der Waals surface area contributed by atoms with Crippen LogP contribution >= 0.6 is 0 Å². The predicted molar refractivity (Wildman–Crippen MR) is 44.2 cm³/mol. The Morgan fingerprint density at radius 3 is 2.46 bits per heavy atom. The molecule has 0 bridgehead atoms. The number of phenolic OH excluding ortho intramolecular Hbond substituents is 1. The van der Waals surface area contributed by atoms with Crippen molar-refractivity contribution in [3.05, 3.63) is 24.3 Å². The summed E-state index contributed by atoms with van der Waals surface area (Å²) in [5, 5.41) is 9.13. The zero-order valence-corrected chi connectivity index (χ0v) is 7.08. The second kappa shape index (κ2) is 4.07. The lowest BCUT2D eigenvalue weighted by molar-refractivity contribution is 0.000483. The third-order valence-corrected chi connectivity index (χ3v) is 1.47. The number of alkyl halides is 2. The second-order valence-corrected chi connectivity index (χ2v) is 2.61. The molecule has 0 radical (unpaired) electrons. The first-order chi connectivity index (χ1) is 6.11. The molecular formula is C9H10F2O2. The van der Waals surface area contributed by atoms with E-state index < -0.39 is 12.5 Å². The maximum atomic E-state index is 12.7. The number of ether oxygens (including phenoxy) is 1. The van der Waals surface area contributed by atoms with E-state index in [0.717, 1.165) is 6.92 Å². The molecule has 72 valence electrons. The van der Waals surface area contributed by atoms with E-state index in [1.54, 1.807) is 12.1 Å². The van der Waals surface area contributed by atoms with Gasteiger partial charge in [-0.2, -0.15) is 4.39 Å². The largest absolute Gasteiger partial charge is 0.504 e. The minimum Gasteiger partial charge on any atom is -0.504 e. The van der Waals surface area contributed by atoms with Crippen molar-refractivity contribution in [2.24, 2.45) is 0 Å². The van der Waals surface area contributed by atoms with Crippen LogP contribution in [-0.2, 0) is 0 Å². The maximum Gasteiger partial charge on any atom is 0.269 e. The van der Waals surface area contributed by atoms with Gasteiger partial charge >= 0.3 is 0 Å². The molecule has 0 heterocycles. The van der Waals surface area contributed by atoms with Crippen LogP contribution in [0.2, 0.25) is 0 Å². The highest BCUT2D eigenvalue weighted by molar-refractivity contribution is 5.37. The van der Waals surface area contributed by atoms with E-state index in [2.05, 4.69) is 4.74 Å². The van der Waals surface area contributed by atoms with Gasteiger partial charge in [-0.1, -0.05) is 12.1 Å². The summed E-state index contributed by atoms with van der Waals surface area (Å²) in [6, 6.07) is 5.83. The standard InChI is InChI=1S/C9H10F2O2/c1-6(10)9(11)13-8-5-3-2-4-7(8)12/h2-6,9,12H,1H3. The van der Waals surface area contributed by atoms with E-state index in [4.69, 9.17) is 5.11 Å². The first kappa shape index (κ1) is 9.77. The number of para-hydroxylation sites is 2. The van der Waals surface area contributed by atoms with Crippen molar-refractivity contribution in [2.75, 3.05) is 0 Å². The van der Waals surface area contributed by atoms with Crippen LogP contribution in [0, 0.1) is 0 Å². The Hall–Kier alpha value is -1.32. The van der Waals surface area contributed by atoms with Crippen molar-refractivity contribution >= 4 is 0 Å². The molecule has 2 nitrogen and oxygen atoms in total. The Balaban J connectivity index is 2.69. The van der Waals surface area contributed by atoms with Crippen LogP contribution in [-0.4, -0.2) is 17.6 Å². The molecule has 13 heavy (non-hydrogen) atoms. The average molecular weight is 188 g/mol. The fourth-order valence-corrected chi connectivity index (χ4v) is 0.772. The highest BCUT2D eigenvalue weighted by Crippen LogP contribution is 2.26. The molecule has 1 rings (SSSR count). The van der Waals surface area contributed by atoms with Crippen molar-refractivity contribution in [1.82, 2.24) is 0 Å². The monoisotopic (exact) mass is 188 g/mol. The van der Waals surface area contributed by atoms with Gasteiger partial charge in [-0.25, -0.2) is 4.39 Å². The van der Waals surface area contributed by atoms with Crippen LogP contribution in [0.25, 0.3) is 0 Å². The summed E-state index contributed by atoms with van der Waals surface area (Å²) in [6.45, 7) is 1.05. The Bertz CT molecular complexity index is 276. The van der Waals surface area contributed by atoms with Gasteiger partial charge in [0.05, 0.1) is 0 Å². The van der Waals surface area contributed by atoms with E-state index in [1.165, 1.54) is 12.1 Å². The lowest BCUT2D eigenvalue weighted by Crippen LogP contribution is -2.20. The van der Waals surface area contributed by atoms with Crippen LogP contribution in [0.5, 0.6) is 11.5 Å². The molecule has 0 spiro atoms. The Morgan fingerprint density at radius 2 is 1.92 bits per heavy atom. The minimum atomic E-state index is -2.05. The van der Waals surface area contributed by atoms with Crippen molar-refractivity contribution in [2.45, 2.75) is 19.5 Å². The zero-order valence-electron chi connectivity index (χ0n) is 7.08. The Labute approximate surface area is 74.8 Å². The SMILES string of the molecule is CC(F)C(F)Oc1ccccc1O. The second-order valence-electron chi connectivity index (χ2n) is 2.61. The first-order valence-electron chi connectivity index (χ1n) is 3.84. The van der Waals surface area contributed by atoms with Crippen LogP contribution in [0.3, 0.4) is 0 Å². The average Bonchev–Trinajstić information content (AvgIpc) is 2.08. The quantitative estimate of drug-likeness (QED) is 0.789. The van der Waals surface area contributed by atoms with Crippen molar-refractivity contribution in [1.29, 1.82) is 0 Å². The number of halogens is 2. The van der Waals surface area contributed by atoms with Gasteiger partial charge in [0, 0.05) is 0 Å². The number of aromatic hydroxyl groups is 1. The van der Waals surface area contributed by atoms with Crippen LogP contribution in [0.15, 0.2) is 24.3 Å². The molecule has 0 amide bonds. The molecule has 1 aromatic carbocycles.